The van der Waals surface area contributed by atoms with Crippen molar-refractivity contribution in [3.8, 4) is 0 Å². The molecule has 2 rings (SSSR count). The summed E-state index contributed by atoms with van der Waals surface area (Å²) in [5, 5.41) is 0. The first kappa shape index (κ1) is 16.4. The molecule has 0 aromatic heterocycles. The number of hydrogen-bond acceptors (Lipinski definition) is 4. The van der Waals surface area contributed by atoms with Crippen LogP contribution in [0.25, 0.3) is 0 Å². The number of carbonyl (C=O) groups excluding carboxylic acids is 2. The van der Waals surface area contributed by atoms with Crippen molar-refractivity contribution in [2.24, 2.45) is 0 Å². The minimum atomic E-state index is -3.48. The van der Waals surface area contributed by atoms with Gasteiger partial charge in [0.25, 0.3) is 5.91 Å². The second-order valence-electron chi connectivity index (χ2n) is 4.99. The molecule has 1 aromatic rings. The van der Waals surface area contributed by atoms with Crippen molar-refractivity contribution < 1.29 is 18.0 Å². The lowest BCUT2D eigenvalue weighted by molar-refractivity contribution is -0.121. The lowest BCUT2D eigenvalue weighted by Crippen LogP contribution is -2.41. The minimum absolute atomic E-state index is 0.170. The van der Waals surface area contributed by atoms with E-state index in [0.29, 0.717) is 13.1 Å². The van der Waals surface area contributed by atoms with Crippen LogP contribution >= 0.6 is 0 Å². The average Bonchev–Trinajstić information content (AvgIpc) is 3.07. The molecule has 0 spiro atoms. The summed E-state index contributed by atoms with van der Waals surface area (Å²) in [5.41, 5.74) is 4.79. The first-order valence-corrected chi connectivity index (χ1v) is 8.58. The molecule has 22 heavy (non-hydrogen) atoms. The van der Waals surface area contributed by atoms with Gasteiger partial charge >= 0.3 is 0 Å². The zero-order valence-corrected chi connectivity index (χ0v) is 13.1. The van der Waals surface area contributed by atoms with E-state index in [2.05, 4.69) is 10.9 Å². The van der Waals surface area contributed by atoms with Gasteiger partial charge in [0.05, 0.1) is 4.90 Å². The topological polar surface area (TPSA) is 95.6 Å². The van der Waals surface area contributed by atoms with Gasteiger partial charge < -0.3 is 0 Å². The van der Waals surface area contributed by atoms with Crippen molar-refractivity contribution >= 4 is 21.8 Å². The largest absolute Gasteiger partial charge is 0.273 e. The van der Waals surface area contributed by atoms with Gasteiger partial charge in [-0.2, -0.15) is 4.31 Å². The molecule has 0 unspecified atom stereocenters. The zero-order valence-electron chi connectivity index (χ0n) is 12.3. The van der Waals surface area contributed by atoms with E-state index in [1.165, 1.54) is 28.6 Å². The van der Waals surface area contributed by atoms with Crippen LogP contribution in [0.2, 0.25) is 0 Å². The Morgan fingerprint density at radius 2 is 1.68 bits per heavy atom. The summed E-state index contributed by atoms with van der Waals surface area (Å²) in [4.78, 5) is 23.0. The number of rotatable bonds is 4. The first-order chi connectivity index (χ1) is 10.4. The highest BCUT2D eigenvalue weighted by molar-refractivity contribution is 7.89. The van der Waals surface area contributed by atoms with Gasteiger partial charge in [-0.1, -0.05) is 6.92 Å². The predicted octanol–water partition coefficient (Wildman–Crippen LogP) is 0.642. The summed E-state index contributed by atoms with van der Waals surface area (Å²) >= 11 is 0. The van der Waals surface area contributed by atoms with Gasteiger partial charge in [0.15, 0.2) is 0 Å². The van der Waals surface area contributed by atoms with E-state index in [0.717, 1.165) is 12.8 Å². The Morgan fingerprint density at radius 1 is 1.09 bits per heavy atom. The van der Waals surface area contributed by atoms with E-state index in [1.54, 1.807) is 6.92 Å². The van der Waals surface area contributed by atoms with Crippen molar-refractivity contribution in [3.63, 3.8) is 0 Å². The third-order valence-corrected chi connectivity index (χ3v) is 5.37. The number of nitrogens with one attached hydrogen (secondary N) is 2. The number of amides is 2. The standard InChI is InChI=1S/C14H19N3O4S/c1-2-13(18)15-16-14(19)11-5-7-12(8-6-11)22(20,21)17-9-3-4-10-17/h5-8H,2-4,9-10H2,1H3,(H,15,18)(H,16,19). The molecule has 2 amide bonds. The summed E-state index contributed by atoms with van der Waals surface area (Å²) < 4.78 is 26.1. The Bertz CT molecular complexity index is 649. The Labute approximate surface area is 129 Å². The summed E-state index contributed by atoms with van der Waals surface area (Å²) in [7, 11) is -3.48. The fourth-order valence-corrected chi connectivity index (χ4v) is 3.66. The van der Waals surface area contributed by atoms with Gasteiger partial charge in [-0.3, -0.25) is 20.4 Å². The fourth-order valence-electron chi connectivity index (χ4n) is 2.14. The van der Waals surface area contributed by atoms with Crippen molar-refractivity contribution in [2.75, 3.05) is 13.1 Å². The van der Waals surface area contributed by atoms with Crippen LogP contribution in [0.5, 0.6) is 0 Å². The van der Waals surface area contributed by atoms with Crippen LogP contribution in [0.3, 0.4) is 0 Å². The van der Waals surface area contributed by atoms with E-state index in [1.807, 2.05) is 0 Å². The number of sulfonamides is 1. The third-order valence-electron chi connectivity index (χ3n) is 3.46. The summed E-state index contributed by atoms with van der Waals surface area (Å²) in [6, 6.07) is 5.67. The van der Waals surface area contributed by atoms with Crippen LogP contribution < -0.4 is 10.9 Å². The van der Waals surface area contributed by atoms with Crippen LogP contribution in [0.1, 0.15) is 36.5 Å². The molecule has 1 fully saturated rings. The SMILES string of the molecule is CCC(=O)NNC(=O)c1ccc(S(=O)(=O)N2CCCC2)cc1. The van der Waals surface area contributed by atoms with Gasteiger partial charge in [-0.05, 0) is 37.1 Å². The van der Waals surface area contributed by atoms with Gasteiger partial charge in [0.2, 0.25) is 15.9 Å². The number of benzene rings is 1. The number of hydrazine groups is 1. The molecule has 8 heteroatoms. The van der Waals surface area contributed by atoms with Gasteiger partial charge in [-0.25, -0.2) is 8.42 Å². The zero-order chi connectivity index (χ0) is 16.2. The molecule has 0 bridgehead atoms. The second-order valence-corrected chi connectivity index (χ2v) is 6.93. The van der Waals surface area contributed by atoms with E-state index in [9.17, 15) is 18.0 Å². The lowest BCUT2D eigenvalue weighted by atomic mass is 10.2. The monoisotopic (exact) mass is 325 g/mol. The Morgan fingerprint density at radius 3 is 2.23 bits per heavy atom. The molecule has 1 aliphatic heterocycles. The van der Waals surface area contributed by atoms with Crippen molar-refractivity contribution in [1.29, 1.82) is 0 Å². The third kappa shape index (κ3) is 3.63. The molecule has 120 valence electrons. The van der Waals surface area contributed by atoms with E-state index in [4.69, 9.17) is 0 Å². The normalized spacial score (nSPS) is 15.5. The van der Waals surface area contributed by atoms with Gasteiger partial charge in [-0.15, -0.1) is 0 Å². The molecule has 1 saturated heterocycles. The smallest absolute Gasteiger partial charge is 0.269 e. The highest BCUT2D eigenvalue weighted by atomic mass is 32.2. The number of hydrogen-bond donors (Lipinski definition) is 2. The Balaban J connectivity index is 2.06. The molecule has 1 heterocycles. The molecule has 1 aliphatic rings. The molecule has 0 atom stereocenters. The molecule has 0 aliphatic carbocycles. The van der Waals surface area contributed by atoms with Crippen LogP contribution in [0.4, 0.5) is 0 Å². The quantitative estimate of drug-likeness (QED) is 0.794. The molecule has 0 saturated carbocycles. The molecule has 1 aromatic carbocycles. The summed E-state index contributed by atoms with van der Waals surface area (Å²) in [5.74, 6) is -0.798. The maximum Gasteiger partial charge on any atom is 0.269 e. The number of carbonyl (C=O) groups is 2. The highest BCUT2D eigenvalue weighted by Crippen LogP contribution is 2.20. The molecule has 2 N–H and O–H groups in total. The van der Waals surface area contributed by atoms with Crippen LogP contribution in [0.15, 0.2) is 29.2 Å². The molecule has 0 radical (unpaired) electrons. The Kier molecular flexibility index (Phi) is 5.15. The van der Waals surface area contributed by atoms with Crippen molar-refractivity contribution in [3.05, 3.63) is 29.8 Å². The summed E-state index contributed by atoms with van der Waals surface area (Å²) in [6.07, 6.45) is 2.00. The Hall–Kier alpha value is -1.93. The highest BCUT2D eigenvalue weighted by Gasteiger charge is 2.27. The first-order valence-electron chi connectivity index (χ1n) is 7.14. The fraction of sp³-hybridized carbons (Fsp3) is 0.429. The van der Waals surface area contributed by atoms with Crippen LogP contribution in [0, 0.1) is 0 Å². The van der Waals surface area contributed by atoms with E-state index < -0.39 is 15.9 Å². The van der Waals surface area contributed by atoms with E-state index >= 15 is 0 Å². The second kappa shape index (κ2) is 6.89. The molecular weight excluding hydrogens is 306 g/mol. The van der Waals surface area contributed by atoms with E-state index in [-0.39, 0.29) is 22.8 Å². The van der Waals surface area contributed by atoms with Gasteiger partial charge in [0.1, 0.15) is 0 Å². The number of nitrogens with zero attached hydrogens (tertiary/aromatic N) is 1. The van der Waals surface area contributed by atoms with Crippen molar-refractivity contribution in [1.82, 2.24) is 15.2 Å². The van der Waals surface area contributed by atoms with Crippen LogP contribution in [-0.2, 0) is 14.8 Å². The lowest BCUT2D eigenvalue weighted by Gasteiger charge is -2.15. The van der Waals surface area contributed by atoms with Crippen molar-refractivity contribution in [2.45, 2.75) is 31.1 Å². The molecule has 7 nitrogen and oxygen atoms in total. The summed E-state index contributed by atoms with van der Waals surface area (Å²) in [6.45, 7) is 2.74. The predicted molar refractivity (Wildman–Crippen MR) is 80.3 cm³/mol. The molecular formula is C14H19N3O4S. The average molecular weight is 325 g/mol. The minimum Gasteiger partial charge on any atom is -0.273 e. The maximum atomic E-state index is 12.3. The van der Waals surface area contributed by atoms with Crippen LogP contribution in [-0.4, -0.2) is 37.6 Å². The van der Waals surface area contributed by atoms with Gasteiger partial charge in [0, 0.05) is 25.1 Å². The maximum absolute atomic E-state index is 12.3.